The summed E-state index contributed by atoms with van der Waals surface area (Å²) in [5, 5.41) is 8.80. The van der Waals surface area contributed by atoms with Crippen LogP contribution in [0.15, 0.2) is 42.5 Å². The third kappa shape index (κ3) is 3.03. The van der Waals surface area contributed by atoms with Gasteiger partial charge >= 0.3 is 11.9 Å². The van der Waals surface area contributed by atoms with Crippen LogP contribution in [0.4, 0.5) is 0 Å². The lowest BCUT2D eigenvalue weighted by Gasteiger charge is -2.08. The van der Waals surface area contributed by atoms with Crippen molar-refractivity contribution in [3.63, 3.8) is 0 Å². The molecule has 0 spiro atoms. The number of hydrogen-bond donors (Lipinski definition) is 1. The quantitative estimate of drug-likeness (QED) is 0.687. The van der Waals surface area contributed by atoms with Crippen LogP contribution in [-0.2, 0) is 0 Å². The normalized spacial score (nSPS) is 10.1. The minimum Gasteiger partial charge on any atom is -0.478 e. The predicted octanol–water partition coefficient (Wildman–Crippen LogP) is 3.22. The molecular formula is C16H14O4. The van der Waals surface area contributed by atoms with Crippen LogP contribution >= 0.6 is 0 Å². The summed E-state index contributed by atoms with van der Waals surface area (Å²) < 4.78 is 5.30. The number of benzene rings is 2. The third-order valence-electron chi connectivity index (χ3n) is 2.90. The molecule has 0 aliphatic heterocycles. The van der Waals surface area contributed by atoms with E-state index in [1.807, 2.05) is 26.0 Å². The van der Waals surface area contributed by atoms with E-state index in [0.717, 1.165) is 11.1 Å². The highest BCUT2D eigenvalue weighted by molar-refractivity contribution is 5.93. The van der Waals surface area contributed by atoms with Crippen molar-refractivity contribution >= 4 is 11.9 Å². The summed E-state index contributed by atoms with van der Waals surface area (Å²) in [5.74, 6) is -1.03. The maximum absolute atomic E-state index is 12.0. The van der Waals surface area contributed by atoms with Crippen molar-refractivity contribution in [2.45, 2.75) is 13.8 Å². The lowest BCUT2D eigenvalue weighted by Crippen LogP contribution is -2.09. The minimum atomic E-state index is -1.03. The van der Waals surface area contributed by atoms with Gasteiger partial charge in [0.05, 0.1) is 11.1 Å². The van der Waals surface area contributed by atoms with E-state index in [1.165, 1.54) is 24.3 Å². The molecule has 0 heterocycles. The van der Waals surface area contributed by atoms with Crippen molar-refractivity contribution < 1.29 is 19.4 Å². The number of hydrogen-bond acceptors (Lipinski definition) is 3. The highest BCUT2D eigenvalue weighted by Crippen LogP contribution is 2.20. The molecule has 2 rings (SSSR count). The van der Waals surface area contributed by atoms with E-state index in [9.17, 15) is 9.59 Å². The lowest BCUT2D eigenvalue weighted by molar-refractivity contribution is 0.0691. The van der Waals surface area contributed by atoms with Gasteiger partial charge in [-0.25, -0.2) is 9.59 Å². The number of esters is 1. The van der Waals surface area contributed by atoms with Crippen LogP contribution in [0.5, 0.6) is 5.75 Å². The molecule has 0 aliphatic rings. The Balaban J connectivity index is 2.17. The summed E-state index contributed by atoms with van der Waals surface area (Å²) >= 11 is 0. The van der Waals surface area contributed by atoms with Crippen LogP contribution < -0.4 is 4.74 Å². The number of ether oxygens (including phenoxy) is 1. The van der Waals surface area contributed by atoms with Crippen molar-refractivity contribution in [3.05, 3.63) is 64.7 Å². The van der Waals surface area contributed by atoms with Crippen LogP contribution in [0.1, 0.15) is 31.8 Å². The molecule has 0 saturated heterocycles. The molecule has 4 nitrogen and oxygen atoms in total. The first-order valence-electron chi connectivity index (χ1n) is 6.10. The molecule has 20 heavy (non-hydrogen) atoms. The summed E-state index contributed by atoms with van der Waals surface area (Å²) in [4.78, 5) is 22.7. The van der Waals surface area contributed by atoms with Gasteiger partial charge in [-0.05, 0) is 49.7 Å². The van der Waals surface area contributed by atoms with Crippen LogP contribution in [0.3, 0.4) is 0 Å². The maximum atomic E-state index is 12.0. The molecule has 0 saturated carbocycles. The standard InChI is InChI=1S/C16H14O4/c1-10-3-8-14(11(2)9-10)20-16(19)13-6-4-12(5-7-13)15(17)18/h3-9H,1-2H3,(H,17,18). The summed E-state index contributed by atoms with van der Waals surface area (Å²) in [6.45, 7) is 3.83. The van der Waals surface area contributed by atoms with E-state index < -0.39 is 11.9 Å². The number of aryl methyl sites for hydroxylation is 2. The average Bonchev–Trinajstić information content (AvgIpc) is 2.42. The van der Waals surface area contributed by atoms with Crippen LogP contribution in [0.2, 0.25) is 0 Å². The molecule has 0 aromatic heterocycles. The zero-order valence-corrected chi connectivity index (χ0v) is 11.2. The number of carbonyl (C=O) groups is 2. The molecule has 0 radical (unpaired) electrons. The lowest BCUT2D eigenvalue weighted by atomic mass is 10.1. The first-order chi connectivity index (χ1) is 9.47. The second-order valence-corrected chi connectivity index (χ2v) is 4.54. The Morgan fingerprint density at radius 3 is 2.10 bits per heavy atom. The molecule has 0 aliphatic carbocycles. The van der Waals surface area contributed by atoms with Crippen LogP contribution in [0, 0.1) is 13.8 Å². The Morgan fingerprint density at radius 1 is 0.950 bits per heavy atom. The van der Waals surface area contributed by atoms with Gasteiger partial charge in [-0.3, -0.25) is 0 Å². The number of aromatic carboxylic acids is 1. The van der Waals surface area contributed by atoms with Gasteiger partial charge in [-0.1, -0.05) is 17.7 Å². The molecule has 2 aromatic rings. The fourth-order valence-electron chi connectivity index (χ4n) is 1.82. The fourth-order valence-corrected chi connectivity index (χ4v) is 1.82. The molecule has 2 aromatic carbocycles. The fraction of sp³-hybridized carbons (Fsp3) is 0.125. The molecule has 0 amide bonds. The maximum Gasteiger partial charge on any atom is 0.343 e. The largest absolute Gasteiger partial charge is 0.478 e. The Kier molecular flexibility index (Phi) is 3.84. The van der Waals surface area contributed by atoms with E-state index in [-0.39, 0.29) is 5.56 Å². The van der Waals surface area contributed by atoms with E-state index in [2.05, 4.69) is 0 Å². The molecule has 102 valence electrons. The molecular weight excluding hydrogens is 256 g/mol. The summed E-state index contributed by atoms with van der Waals surface area (Å²) in [7, 11) is 0. The van der Waals surface area contributed by atoms with E-state index in [1.54, 1.807) is 6.07 Å². The second-order valence-electron chi connectivity index (χ2n) is 4.54. The van der Waals surface area contributed by atoms with E-state index >= 15 is 0 Å². The van der Waals surface area contributed by atoms with Crippen molar-refractivity contribution in [1.29, 1.82) is 0 Å². The zero-order chi connectivity index (χ0) is 14.7. The molecule has 0 fully saturated rings. The Bertz CT molecular complexity index is 657. The van der Waals surface area contributed by atoms with Gasteiger partial charge < -0.3 is 9.84 Å². The van der Waals surface area contributed by atoms with Gasteiger partial charge in [0.1, 0.15) is 5.75 Å². The zero-order valence-electron chi connectivity index (χ0n) is 11.2. The Morgan fingerprint density at radius 2 is 1.55 bits per heavy atom. The van der Waals surface area contributed by atoms with Gasteiger partial charge in [0, 0.05) is 0 Å². The van der Waals surface area contributed by atoms with Crippen molar-refractivity contribution in [2.75, 3.05) is 0 Å². The molecule has 0 atom stereocenters. The Labute approximate surface area is 116 Å². The summed E-state index contributed by atoms with van der Waals surface area (Å²) in [5.41, 5.74) is 2.41. The highest BCUT2D eigenvalue weighted by atomic mass is 16.5. The van der Waals surface area contributed by atoms with E-state index in [4.69, 9.17) is 9.84 Å². The summed E-state index contributed by atoms with van der Waals surface area (Å²) in [6.07, 6.45) is 0. The van der Waals surface area contributed by atoms with Gasteiger partial charge in [0.25, 0.3) is 0 Å². The third-order valence-corrected chi connectivity index (χ3v) is 2.90. The molecule has 0 bridgehead atoms. The number of carboxylic acids is 1. The van der Waals surface area contributed by atoms with E-state index in [0.29, 0.717) is 11.3 Å². The van der Waals surface area contributed by atoms with Crippen molar-refractivity contribution in [1.82, 2.24) is 0 Å². The smallest absolute Gasteiger partial charge is 0.343 e. The number of carboxylic acid groups (broad SMARTS) is 1. The van der Waals surface area contributed by atoms with Gasteiger partial charge in [-0.2, -0.15) is 0 Å². The van der Waals surface area contributed by atoms with Gasteiger partial charge in [0.15, 0.2) is 0 Å². The predicted molar refractivity (Wildman–Crippen MR) is 74.3 cm³/mol. The SMILES string of the molecule is Cc1ccc(OC(=O)c2ccc(C(=O)O)cc2)c(C)c1. The van der Waals surface area contributed by atoms with Gasteiger partial charge in [0.2, 0.25) is 0 Å². The monoisotopic (exact) mass is 270 g/mol. The first-order valence-corrected chi connectivity index (χ1v) is 6.10. The van der Waals surface area contributed by atoms with Crippen LogP contribution in [-0.4, -0.2) is 17.0 Å². The van der Waals surface area contributed by atoms with Crippen molar-refractivity contribution in [2.24, 2.45) is 0 Å². The highest BCUT2D eigenvalue weighted by Gasteiger charge is 2.11. The number of rotatable bonds is 3. The topological polar surface area (TPSA) is 63.6 Å². The van der Waals surface area contributed by atoms with Crippen LogP contribution in [0.25, 0.3) is 0 Å². The Hall–Kier alpha value is -2.62. The first kappa shape index (κ1) is 13.8. The molecule has 4 heteroatoms. The average molecular weight is 270 g/mol. The second kappa shape index (κ2) is 5.57. The molecule has 1 N–H and O–H groups in total. The van der Waals surface area contributed by atoms with Crippen molar-refractivity contribution in [3.8, 4) is 5.75 Å². The summed E-state index contributed by atoms with van der Waals surface area (Å²) in [6, 6.07) is 11.2. The number of carbonyl (C=O) groups excluding carboxylic acids is 1. The molecule has 0 unspecified atom stereocenters. The minimum absolute atomic E-state index is 0.132. The van der Waals surface area contributed by atoms with Gasteiger partial charge in [-0.15, -0.1) is 0 Å².